The lowest BCUT2D eigenvalue weighted by atomic mass is 10.1. The fourth-order valence-electron chi connectivity index (χ4n) is 2.90. The zero-order valence-electron chi connectivity index (χ0n) is 18.0. The first kappa shape index (κ1) is 27.3. The molecule has 0 atom stereocenters. The molecule has 0 fully saturated rings. The van der Waals surface area contributed by atoms with Crippen LogP contribution in [0.5, 0.6) is 0 Å². The van der Waals surface area contributed by atoms with Crippen molar-refractivity contribution < 1.29 is 14.3 Å². The Bertz CT molecular complexity index is 380. The number of rotatable bonds is 20. The first-order valence-electron chi connectivity index (χ1n) is 11.4. The van der Waals surface area contributed by atoms with Gasteiger partial charge in [0.25, 0.3) is 0 Å². The molecule has 0 unspecified atom stereocenters. The van der Waals surface area contributed by atoms with E-state index >= 15 is 0 Å². The van der Waals surface area contributed by atoms with E-state index in [-0.39, 0.29) is 0 Å². The summed E-state index contributed by atoms with van der Waals surface area (Å²) in [6, 6.07) is 0. The van der Waals surface area contributed by atoms with Gasteiger partial charge >= 0.3 is 6.72 Å². The second kappa shape index (κ2) is 21.0. The van der Waals surface area contributed by atoms with E-state index in [9.17, 15) is 9.79 Å². The number of hydrogen-bond donors (Lipinski definition) is 2. The highest BCUT2D eigenvalue weighted by Gasteiger charge is 2.24. The molecule has 0 amide bonds. The molecule has 162 valence electrons. The quantitative estimate of drug-likeness (QED) is 0.0921. The van der Waals surface area contributed by atoms with Crippen molar-refractivity contribution in [2.45, 2.75) is 117 Å². The van der Waals surface area contributed by atoms with Crippen molar-refractivity contribution in [1.82, 2.24) is 0 Å². The Morgan fingerprint density at radius 3 is 1.70 bits per heavy atom. The van der Waals surface area contributed by atoms with Gasteiger partial charge in [0.15, 0.2) is 5.75 Å². The van der Waals surface area contributed by atoms with E-state index in [1.54, 1.807) is 0 Å². The highest BCUT2D eigenvalue weighted by atomic mass is 32.5. The average Bonchev–Trinajstić information content (AvgIpc) is 2.64. The molecule has 2 N–H and O–H groups in total. The minimum absolute atomic E-state index is 0.473. The van der Waals surface area contributed by atoms with E-state index in [2.05, 4.69) is 26.0 Å². The second-order valence-corrected chi connectivity index (χ2v) is 11.6. The van der Waals surface area contributed by atoms with Crippen molar-refractivity contribution in [3.63, 3.8) is 0 Å². The van der Waals surface area contributed by atoms with E-state index in [0.29, 0.717) is 6.61 Å². The van der Waals surface area contributed by atoms with Crippen molar-refractivity contribution >= 4 is 17.7 Å². The van der Waals surface area contributed by atoms with Gasteiger partial charge in [0.05, 0.1) is 6.61 Å². The topological polar surface area (TPSA) is 49.7 Å². The molecule has 0 bridgehead atoms. The molecule has 0 aliphatic carbocycles. The Balaban J connectivity index is 3.31. The summed E-state index contributed by atoms with van der Waals surface area (Å²) in [5.74, 6) is 0.769. The van der Waals surface area contributed by atoms with Gasteiger partial charge < -0.3 is 0 Å². The van der Waals surface area contributed by atoms with Crippen LogP contribution in [0.4, 0.5) is 0 Å². The van der Waals surface area contributed by atoms with Crippen molar-refractivity contribution in [1.29, 1.82) is 0 Å². The normalized spacial score (nSPS) is 12.1. The molecule has 0 aliphatic rings. The van der Waals surface area contributed by atoms with Gasteiger partial charge in [-0.1, -0.05) is 90.2 Å². The molecule has 27 heavy (non-hydrogen) atoms. The molecule has 0 aliphatic heterocycles. The monoisotopic (exact) mass is 421 g/mol. The lowest BCUT2D eigenvalue weighted by molar-refractivity contribution is 0.245. The summed E-state index contributed by atoms with van der Waals surface area (Å²) in [4.78, 5) is 19.5. The van der Waals surface area contributed by atoms with Gasteiger partial charge in [-0.15, -0.1) is 0 Å². The van der Waals surface area contributed by atoms with E-state index in [0.717, 1.165) is 31.4 Å². The maximum atomic E-state index is 9.77. The summed E-state index contributed by atoms with van der Waals surface area (Å²) in [5, 5.41) is 0. The fraction of sp³-hybridized carbons (Fsp3) is 0.909. The van der Waals surface area contributed by atoms with E-state index in [4.69, 9.17) is 4.52 Å². The van der Waals surface area contributed by atoms with Gasteiger partial charge in [-0.05, 0) is 32.1 Å². The minimum Gasteiger partial charge on any atom is -0.289 e. The lowest BCUT2D eigenvalue weighted by Crippen LogP contribution is -1.95. The highest BCUT2D eigenvalue weighted by molar-refractivity contribution is 8.16. The van der Waals surface area contributed by atoms with Crippen molar-refractivity contribution in [3.8, 4) is 0 Å². The molecule has 0 aromatic carbocycles. The lowest BCUT2D eigenvalue weighted by Gasteiger charge is -2.04. The first-order chi connectivity index (χ1) is 13.1. The Morgan fingerprint density at radius 2 is 1.15 bits per heavy atom. The molecule has 5 heteroatoms. The van der Waals surface area contributed by atoms with Crippen LogP contribution in [0.25, 0.3) is 0 Å². The van der Waals surface area contributed by atoms with E-state index in [1.165, 1.54) is 88.0 Å². The van der Waals surface area contributed by atoms with Crippen molar-refractivity contribution in [3.05, 3.63) is 12.2 Å². The fourth-order valence-corrected chi connectivity index (χ4v) is 5.54. The molecule has 0 radical (unpaired) electrons. The smallest absolute Gasteiger partial charge is 0.289 e. The molecular weight excluding hydrogens is 375 g/mol. The maximum Gasteiger partial charge on any atom is 0.517 e. The maximum absolute atomic E-state index is 9.77. The molecule has 0 spiro atoms. The van der Waals surface area contributed by atoms with Gasteiger partial charge in [0.2, 0.25) is 10.9 Å². The predicted molar refractivity (Wildman–Crippen MR) is 124 cm³/mol. The Morgan fingerprint density at radius 1 is 0.667 bits per heavy atom. The third kappa shape index (κ3) is 22.4. The van der Waals surface area contributed by atoms with E-state index < -0.39 is 6.72 Å². The summed E-state index contributed by atoms with van der Waals surface area (Å²) in [7, 11) is 1.19. The van der Waals surface area contributed by atoms with Crippen LogP contribution < -0.4 is 0 Å². The minimum atomic E-state index is -3.15. The molecule has 0 aromatic rings. The predicted octanol–water partition coefficient (Wildman–Crippen LogP) is 7.59. The van der Waals surface area contributed by atoms with Crippen LogP contribution in [0, 0.1) is 0 Å². The van der Waals surface area contributed by atoms with Crippen LogP contribution in [-0.2, 0) is 15.5 Å². The summed E-state index contributed by atoms with van der Waals surface area (Å²) >= 11 is 0. The summed E-state index contributed by atoms with van der Waals surface area (Å²) in [5.41, 5.74) is 0. The van der Waals surface area contributed by atoms with Gasteiger partial charge in [-0.2, -0.15) is 0 Å². The summed E-state index contributed by atoms with van der Waals surface area (Å²) < 4.78 is 5.27. The Kier molecular flexibility index (Phi) is 21.2. The van der Waals surface area contributed by atoms with Gasteiger partial charge in [-0.3, -0.25) is 14.3 Å². The van der Waals surface area contributed by atoms with E-state index in [1.807, 2.05) is 0 Å². The van der Waals surface area contributed by atoms with Crippen LogP contribution in [-0.4, -0.2) is 22.1 Å². The second-order valence-electron chi connectivity index (χ2n) is 7.45. The molecule has 0 heterocycles. The zero-order chi connectivity index (χ0) is 20.1. The van der Waals surface area contributed by atoms with Crippen molar-refractivity contribution in [2.24, 2.45) is 0 Å². The highest BCUT2D eigenvalue weighted by Crippen LogP contribution is 2.39. The van der Waals surface area contributed by atoms with Gasteiger partial charge in [0, 0.05) is 6.42 Å². The van der Waals surface area contributed by atoms with Crippen LogP contribution in [0.3, 0.4) is 0 Å². The number of unbranched alkanes of at least 4 members (excludes halogenated alkanes) is 13. The van der Waals surface area contributed by atoms with Crippen LogP contribution in [0.1, 0.15) is 117 Å². The van der Waals surface area contributed by atoms with Crippen molar-refractivity contribution in [2.75, 3.05) is 12.4 Å². The number of allylic oxidation sites excluding steroid dienone is 2. The van der Waals surface area contributed by atoms with Crippen LogP contribution >= 0.6 is 6.72 Å². The SMILES string of the molecule is CCCCCCCC/C=C\CCCCCCCCOP(O)(O)=[S+]CCCC. The molecular formula is C22H46O3PS+. The van der Waals surface area contributed by atoms with Gasteiger partial charge in [0.1, 0.15) is 0 Å². The standard InChI is InChI=1S/C22H46O3PS/c1-3-5-7-8-9-10-11-12-13-14-15-16-17-18-19-20-21-25-26(23,24)27-22-6-4-2/h12-13,23-24H,3-11,14-22H2,1-2H3/q+1/b13-12-. The number of hydrogen-bond acceptors (Lipinski definition) is 1. The largest absolute Gasteiger partial charge is 0.517 e. The Hall–Kier alpha value is 0.270. The zero-order valence-corrected chi connectivity index (χ0v) is 19.8. The average molecular weight is 422 g/mol. The first-order valence-corrected chi connectivity index (χ1v) is 14.6. The molecule has 0 aromatic heterocycles. The molecule has 0 saturated heterocycles. The van der Waals surface area contributed by atoms with Crippen LogP contribution in [0.2, 0.25) is 0 Å². The molecule has 0 rings (SSSR count). The van der Waals surface area contributed by atoms with Gasteiger partial charge in [-0.25, -0.2) is 0 Å². The Labute approximate surface area is 173 Å². The summed E-state index contributed by atoms with van der Waals surface area (Å²) in [6.07, 6.45) is 24.7. The summed E-state index contributed by atoms with van der Waals surface area (Å²) in [6.45, 7) is 1.69. The molecule has 3 nitrogen and oxygen atoms in total. The van der Waals surface area contributed by atoms with Crippen LogP contribution in [0.15, 0.2) is 12.2 Å². The molecule has 0 saturated carbocycles. The third-order valence-electron chi connectivity index (χ3n) is 4.67. The third-order valence-corrected chi connectivity index (χ3v) is 7.87.